The molecule has 0 bridgehead atoms. The van der Waals surface area contributed by atoms with Gasteiger partial charge in [-0.1, -0.05) is 0 Å². The van der Waals surface area contributed by atoms with Gasteiger partial charge in [-0.3, -0.25) is 0 Å². The van der Waals surface area contributed by atoms with Gasteiger partial charge in [0.05, 0.1) is 0 Å². The van der Waals surface area contributed by atoms with Crippen LogP contribution in [0, 0.1) is 0 Å². The van der Waals surface area contributed by atoms with Crippen LogP contribution >= 0.6 is 6.60 Å². The van der Waals surface area contributed by atoms with E-state index in [1.165, 1.54) is 41.6 Å². The Kier molecular flexibility index (Phi) is 4.26. The molecule has 128 valence electrons. The molecule has 0 spiro atoms. The van der Waals surface area contributed by atoms with E-state index in [4.69, 9.17) is 0 Å². The second-order valence-electron chi connectivity index (χ2n) is 7.60. The summed E-state index contributed by atoms with van der Waals surface area (Å²) in [5, 5.41) is 4.62. The standard InChI is InChI=1S/C24H27P/c1-25(24-19-11-12-20-24,21-13-5-2-6-14-21,22-15-7-3-8-16-22)23-17-9-4-10-18-23/h2-10,13-18,24H,11-12,19-20H2,1H3. The Balaban J connectivity index is 2.12. The van der Waals surface area contributed by atoms with Gasteiger partial charge in [0.1, 0.15) is 0 Å². The van der Waals surface area contributed by atoms with Crippen molar-refractivity contribution in [3.8, 4) is 0 Å². The third kappa shape index (κ3) is 2.39. The van der Waals surface area contributed by atoms with Crippen molar-refractivity contribution in [1.29, 1.82) is 0 Å². The first-order chi connectivity index (χ1) is 12.2. The molecule has 1 saturated carbocycles. The van der Waals surface area contributed by atoms with Gasteiger partial charge in [-0.25, -0.2) is 0 Å². The van der Waals surface area contributed by atoms with Crippen LogP contribution in [0.3, 0.4) is 0 Å². The third-order valence-electron chi connectivity index (χ3n) is 6.50. The zero-order valence-electron chi connectivity index (χ0n) is 15.0. The Bertz CT molecular complexity index is 718. The first-order valence-corrected chi connectivity index (χ1v) is 12.2. The fourth-order valence-corrected chi connectivity index (χ4v) is 11.7. The molecule has 0 N–H and O–H groups in total. The Morgan fingerprint density at radius 2 is 0.880 bits per heavy atom. The van der Waals surface area contributed by atoms with Crippen molar-refractivity contribution in [3.63, 3.8) is 0 Å². The van der Waals surface area contributed by atoms with Crippen LogP contribution in [0.25, 0.3) is 0 Å². The molecule has 0 unspecified atom stereocenters. The van der Waals surface area contributed by atoms with Gasteiger partial charge in [-0.15, -0.1) is 0 Å². The van der Waals surface area contributed by atoms with Crippen LogP contribution in [-0.2, 0) is 0 Å². The molecule has 1 heteroatoms. The summed E-state index contributed by atoms with van der Waals surface area (Å²) < 4.78 is 0. The summed E-state index contributed by atoms with van der Waals surface area (Å²) in [6.45, 7) is 0.121. The molecule has 0 aliphatic heterocycles. The first-order valence-electron chi connectivity index (χ1n) is 9.42. The molecule has 3 aromatic rings. The first kappa shape index (κ1) is 16.6. The molecule has 0 aromatic heterocycles. The van der Waals surface area contributed by atoms with E-state index in [-0.39, 0.29) is 0 Å². The molecule has 1 fully saturated rings. The molecule has 0 saturated heterocycles. The monoisotopic (exact) mass is 346 g/mol. The van der Waals surface area contributed by atoms with Crippen LogP contribution in [-0.4, -0.2) is 12.3 Å². The Morgan fingerprint density at radius 3 is 1.20 bits per heavy atom. The van der Waals surface area contributed by atoms with E-state index in [1.54, 1.807) is 0 Å². The summed E-state index contributed by atoms with van der Waals surface area (Å²) in [7, 11) is 0. The topological polar surface area (TPSA) is 0 Å². The molecule has 0 amide bonds. The van der Waals surface area contributed by atoms with Crippen molar-refractivity contribution < 1.29 is 0 Å². The van der Waals surface area contributed by atoms with Crippen LogP contribution in [0.2, 0.25) is 0 Å². The van der Waals surface area contributed by atoms with E-state index in [1.807, 2.05) is 0 Å². The van der Waals surface area contributed by atoms with E-state index < -0.39 is 6.60 Å². The molecule has 0 atom stereocenters. The molecule has 0 nitrogen and oxygen atoms in total. The predicted molar refractivity (Wildman–Crippen MR) is 113 cm³/mol. The van der Waals surface area contributed by atoms with Crippen LogP contribution in [0.4, 0.5) is 0 Å². The molecule has 25 heavy (non-hydrogen) atoms. The summed E-state index contributed by atoms with van der Waals surface area (Å²) in [6.07, 6.45) is 5.41. The minimum atomic E-state index is -2.51. The summed E-state index contributed by atoms with van der Waals surface area (Å²) in [4.78, 5) is 0. The van der Waals surface area contributed by atoms with Crippen molar-refractivity contribution in [3.05, 3.63) is 91.0 Å². The molecule has 0 heterocycles. The van der Waals surface area contributed by atoms with E-state index in [0.717, 1.165) is 5.66 Å². The quantitative estimate of drug-likeness (QED) is 0.577. The van der Waals surface area contributed by atoms with E-state index >= 15 is 0 Å². The predicted octanol–water partition coefficient (Wildman–Crippen LogP) is 5.09. The molecule has 3 aromatic carbocycles. The summed E-state index contributed by atoms with van der Waals surface area (Å²) in [6, 6.07) is 34.1. The summed E-state index contributed by atoms with van der Waals surface area (Å²) >= 11 is 0. The number of benzene rings is 3. The summed E-state index contributed by atoms with van der Waals surface area (Å²) in [5.41, 5.74) is 0.734. The zero-order valence-corrected chi connectivity index (χ0v) is 15.9. The fraction of sp³-hybridized carbons (Fsp3) is 0.250. The molecule has 1 aliphatic rings. The van der Waals surface area contributed by atoms with Crippen molar-refractivity contribution >= 4 is 22.5 Å². The van der Waals surface area contributed by atoms with Gasteiger partial charge in [0.2, 0.25) is 0 Å². The van der Waals surface area contributed by atoms with E-state index in [2.05, 4.69) is 97.7 Å². The fourth-order valence-electron chi connectivity index (χ4n) is 5.07. The molecule has 0 radical (unpaired) electrons. The van der Waals surface area contributed by atoms with Crippen molar-refractivity contribution in [2.75, 3.05) is 6.66 Å². The van der Waals surface area contributed by atoms with Gasteiger partial charge in [-0.05, 0) is 0 Å². The van der Waals surface area contributed by atoms with Crippen LogP contribution < -0.4 is 15.9 Å². The maximum atomic E-state index is 2.63. The average Bonchev–Trinajstić information content (AvgIpc) is 3.25. The minimum absolute atomic E-state index is 0.734. The molecular formula is C24H27P. The molecule has 4 rings (SSSR count). The third-order valence-corrected chi connectivity index (χ3v) is 13.7. The van der Waals surface area contributed by atoms with Gasteiger partial charge >= 0.3 is 152 Å². The number of hydrogen-bond donors (Lipinski definition) is 0. The van der Waals surface area contributed by atoms with Crippen LogP contribution in [0.5, 0.6) is 0 Å². The second kappa shape index (κ2) is 6.43. The van der Waals surface area contributed by atoms with Crippen LogP contribution in [0.15, 0.2) is 91.0 Å². The number of hydrogen-bond acceptors (Lipinski definition) is 0. The van der Waals surface area contributed by atoms with Crippen molar-refractivity contribution in [2.24, 2.45) is 0 Å². The van der Waals surface area contributed by atoms with E-state index in [9.17, 15) is 0 Å². The SMILES string of the molecule is CP(c1ccccc1)(c1ccccc1)(c1ccccc1)C1CCCC1. The summed E-state index contributed by atoms with van der Waals surface area (Å²) in [5.74, 6) is 0. The van der Waals surface area contributed by atoms with Gasteiger partial charge in [0.15, 0.2) is 0 Å². The normalized spacial score (nSPS) is 17.1. The van der Waals surface area contributed by atoms with Crippen molar-refractivity contribution in [1.82, 2.24) is 0 Å². The van der Waals surface area contributed by atoms with E-state index in [0.29, 0.717) is 0 Å². The Labute approximate surface area is 151 Å². The average molecular weight is 346 g/mol. The Morgan fingerprint density at radius 1 is 0.560 bits per heavy atom. The molecular weight excluding hydrogens is 319 g/mol. The maximum absolute atomic E-state index is 2.63. The van der Waals surface area contributed by atoms with Gasteiger partial charge in [0.25, 0.3) is 0 Å². The number of rotatable bonds is 4. The van der Waals surface area contributed by atoms with Gasteiger partial charge in [-0.2, -0.15) is 0 Å². The second-order valence-corrected chi connectivity index (χ2v) is 13.2. The van der Waals surface area contributed by atoms with Crippen LogP contribution in [0.1, 0.15) is 25.7 Å². The Hall–Kier alpha value is -1.91. The van der Waals surface area contributed by atoms with Crippen molar-refractivity contribution in [2.45, 2.75) is 31.3 Å². The van der Waals surface area contributed by atoms with Gasteiger partial charge < -0.3 is 0 Å². The van der Waals surface area contributed by atoms with Gasteiger partial charge in [0, 0.05) is 0 Å². The molecule has 1 aliphatic carbocycles. The zero-order chi connectivity index (χ0) is 17.2.